The topological polar surface area (TPSA) is 62.6 Å². The molecule has 0 saturated carbocycles. The number of carbonyl (C=O) groups is 2. The van der Waals surface area contributed by atoms with Crippen LogP contribution in [0.1, 0.15) is 24.3 Å². The first-order valence-electron chi connectivity index (χ1n) is 9.01. The summed E-state index contributed by atoms with van der Waals surface area (Å²) in [7, 11) is 1.87. The first-order valence-corrected chi connectivity index (χ1v) is 9.89. The highest BCUT2D eigenvalue weighted by atomic mass is 32.1. The highest BCUT2D eigenvalue weighted by Crippen LogP contribution is 2.14. The van der Waals surface area contributed by atoms with Gasteiger partial charge in [-0.3, -0.25) is 9.59 Å². The Balaban J connectivity index is 1.78. The smallest absolute Gasteiger partial charge is 0.279 e. The number of quaternary nitrogens is 1. The van der Waals surface area contributed by atoms with Crippen LogP contribution in [-0.4, -0.2) is 38.0 Å². The molecule has 2 atom stereocenters. The Morgan fingerprint density at radius 1 is 1.19 bits per heavy atom. The molecule has 0 saturated heterocycles. The second-order valence-electron chi connectivity index (χ2n) is 6.42. The number of benzene rings is 1. The summed E-state index contributed by atoms with van der Waals surface area (Å²) in [5.41, 5.74) is 1.96. The Morgan fingerprint density at radius 2 is 1.96 bits per heavy atom. The first-order chi connectivity index (χ1) is 12.5. The molecule has 2 rings (SSSR count). The average molecular weight is 375 g/mol. The predicted octanol–water partition coefficient (Wildman–Crippen LogP) is 1.51. The lowest BCUT2D eigenvalue weighted by molar-refractivity contribution is -0.885. The molecule has 6 heteroatoms. The number of para-hydroxylation sites is 1. The average Bonchev–Trinajstić information content (AvgIpc) is 3.14. The second-order valence-corrected chi connectivity index (χ2v) is 7.46. The van der Waals surface area contributed by atoms with Crippen LogP contribution in [0.2, 0.25) is 0 Å². The van der Waals surface area contributed by atoms with Crippen LogP contribution < -0.4 is 15.5 Å². The molecular weight excluding hydrogens is 346 g/mol. The number of carbonyl (C=O) groups excluding carboxylic acids is 2. The van der Waals surface area contributed by atoms with Crippen molar-refractivity contribution in [2.75, 3.05) is 25.5 Å². The summed E-state index contributed by atoms with van der Waals surface area (Å²) in [4.78, 5) is 26.7. The van der Waals surface area contributed by atoms with Gasteiger partial charge in [0.25, 0.3) is 11.8 Å². The first kappa shape index (κ1) is 20.1. The molecule has 26 heavy (non-hydrogen) atoms. The van der Waals surface area contributed by atoms with E-state index in [0.717, 1.165) is 29.0 Å². The number of hydrogen-bond donors (Lipinski definition) is 3. The van der Waals surface area contributed by atoms with Crippen LogP contribution in [0.5, 0.6) is 0 Å². The standard InChI is InChI=1S/C20H27N3O2S/c1-4-16-8-5-6-10-18(16)22-19(24)14-23(3)15(2)20(25)21-12-11-17-9-7-13-26-17/h5-10,13,15H,4,11-12,14H2,1-3H3,(H,21,25)(H,22,24)/p+1/t15-/m1/s1. The van der Waals surface area contributed by atoms with Gasteiger partial charge in [-0.25, -0.2) is 0 Å². The summed E-state index contributed by atoms with van der Waals surface area (Å²) < 4.78 is 0. The Bertz CT molecular complexity index is 716. The number of aryl methyl sites for hydroxylation is 1. The zero-order valence-corrected chi connectivity index (χ0v) is 16.5. The van der Waals surface area contributed by atoms with Crippen LogP contribution in [0.4, 0.5) is 5.69 Å². The van der Waals surface area contributed by atoms with Crippen molar-refractivity contribution < 1.29 is 14.5 Å². The predicted molar refractivity (Wildman–Crippen MR) is 107 cm³/mol. The van der Waals surface area contributed by atoms with Crippen LogP contribution in [0.15, 0.2) is 41.8 Å². The monoisotopic (exact) mass is 374 g/mol. The maximum Gasteiger partial charge on any atom is 0.279 e. The molecule has 140 valence electrons. The molecule has 0 radical (unpaired) electrons. The SMILES string of the molecule is CCc1ccccc1NC(=O)C[NH+](C)[C@H](C)C(=O)NCCc1cccs1. The van der Waals surface area contributed by atoms with E-state index in [0.29, 0.717) is 6.54 Å². The van der Waals surface area contributed by atoms with Gasteiger partial charge in [0, 0.05) is 17.1 Å². The van der Waals surface area contributed by atoms with Crippen LogP contribution >= 0.6 is 11.3 Å². The normalized spacial score (nSPS) is 13.0. The van der Waals surface area contributed by atoms with Gasteiger partial charge in [0.05, 0.1) is 7.05 Å². The van der Waals surface area contributed by atoms with Crippen molar-refractivity contribution >= 4 is 28.8 Å². The van der Waals surface area contributed by atoms with E-state index in [-0.39, 0.29) is 24.4 Å². The number of thiophene rings is 1. The number of anilines is 1. The molecular formula is C20H28N3O2S+. The fraction of sp³-hybridized carbons (Fsp3) is 0.400. The van der Waals surface area contributed by atoms with Gasteiger partial charge in [-0.2, -0.15) is 0 Å². The van der Waals surface area contributed by atoms with E-state index in [2.05, 4.69) is 23.6 Å². The molecule has 2 amide bonds. The van der Waals surface area contributed by atoms with E-state index in [1.807, 2.05) is 49.7 Å². The lowest BCUT2D eigenvalue weighted by atomic mass is 10.1. The highest BCUT2D eigenvalue weighted by Gasteiger charge is 2.23. The fourth-order valence-electron chi connectivity index (χ4n) is 2.69. The minimum Gasteiger partial charge on any atom is -0.351 e. The van der Waals surface area contributed by atoms with Crippen LogP contribution in [-0.2, 0) is 22.4 Å². The van der Waals surface area contributed by atoms with E-state index in [1.165, 1.54) is 4.88 Å². The summed E-state index contributed by atoms with van der Waals surface area (Å²) in [6.45, 7) is 4.78. The molecule has 0 fully saturated rings. The van der Waals surface area contributed by atoms with E-state index in [1.54, 1.807) is 11.3 Å². The van der Waals surface area contributed by atoms with Gasteiger partial charge < -0.3 is 15.5 Å². The van der Waals surface area contributed by atoms with Crippen molar-refractivity contribution in [3.63, 3.8) is 0 Å². The van der Waals surface area contributed by atoms with Gasteiger partial charge in [0.2, 0.25) is 0 Å². The van der Waals surface area contributed by atoms with Crippen molar-refractivity contribution in [3.8, 4) is 0 Å². The summed E-state index contributed by atoms with van der Waals surface area (Å²) >= 11 is 1.69. The van der Waals surface area contributed by atoms with Crippen molar-refractivity contribution in [1.82, 2.24) is 5.32 Å². The lowest BCUT2D eigenvalue weighted by Gasteiger charge is -2.21. The molecule has 0 bridgehead atoms. The van der Waals surface area contributed by atoms with Gasteiger partial charge in [-0.15, -0.1) is 11.3 Å². The van der Waals surface area contributed by atoms with Crippen molar-refractivity contribution in [2.24, 2.45) is 0 Å². The summed E-state index contributed by atoms with van der Waals surface area (Å²) in [5, 5.41) is 7.95. The molecule has 0 aliphatic carbocycles. The molecule has 3 N–H and O–H groups in total. The Morgan fingerprint density at radius 3 is 2.65 bits per heavy atom. The van der Waals surface area contributed by atoms with Gasteiger partial charge >= 0.3 is 0 Å². The Hall–Kier alpha value is -2.18. The quantitative estimate of drug-likeness (QED) is 0.623. The molecule has 1 aromatic carbocycles. The molecule has 2 aromatic rings. The number of amides is 2. The van der Waals surface area contributed by atoms with Crippen molar-refractivity contribution in [3.05, 3.63) is 52.2 Å². The molecule has 1 heterocycles. The number of rotatable bonds is 9. The molecule has 0 aliphatic rings. The minimum atomic E-state index is -0.287. The molecule has 0 spiro atoms. The summed E-state index contributed by atoms with van der Waals surface area (Å²) in [5.74, 6) is -0.109. The van der Waals surface area contributed by atoms with Gasteiger partial charge in [0.15, 0.2) is 12.6 Å². The summed E-state index contributed by atoms with van der Waals surface area (Å²) in [6.07, 6.45) is 1.70. The molecule has 0 aliphatic heterocycles. The maximum absolute atomic E-state index is 12.3. The highest BCUT2D eigenvalue weighted by molar-refractivity contribution is 7.09. The van der Waals surface area contributed by atoms with E-state index in [4.69, 9.17) is 0 Å². The second kappa shape index (κ2) is 10.1. The van der Waals surface area contributed by atoms with Crippen LogP contribution in [0.3, 0.4) is 0 Å². The molecule has 5 nitrogen and oxygen atoms in total. The minimum absolute atomic E-state index is 0.0270. The Kier molecular flexibility index (Phi) is 7.81. The zero-order chi connectivity index (χ0) is 18.9. The van der Waals surface area contributed by atoms with Crippen LogP contribution in [0.25, 0.3) is 0 Å². The third kappa shape index (κ3) is 5.97. The lowest BCUT2D eigenvalue weighted by Crippen LogP contribution is -3.15. The summed E-state index contributed by atoms with van der Waals surface area (Å²) in [6, 6.07) is 11.6. The number of nitrogens with one attached hydrogen (secondary N) is 3. The zero-order valence-electron chi connectivity index (χ0n) is 15.7. The molecule has 1 aromatic heterocycles. The third-order valence-corrected chi connectivity index (χ3v) is 5.43. The van der Waals surface area contributed by atoms with E-state index >= 15 is 0 Å². The van der Waals surface area contributed by atoms with Gasteiger partial charge in [0.1, 0.15) is 0 Å². The largest absolute Gasteiger partial charge is 0.351 e. The van der Waals surface area contributed by atoms with Gasteiger partial charge in [-0.1, -0.05) is 31.2 Å². The van der Waals surface area contributed by atoms with Gasteiger partial charge in [-0.05, 0) is 42.8 Å². The van der Waals surface area contributed by atoms with E-state index < -0.39 is 0 Å². The fourth-order valence-corrected chi connectivity index (χ4v) is 3.40. The van der Waals surface area contributed by atoms with Crippen molar-refractivity contribution in [1.29, 1.82) is 0 Å². The van der Waals surface area contributed by atoms with Crippen LogP contribution in [0, 0.1) is 0 Å². The Labute approximate surface area is 159 Å². The van der Waals surface area contributed by atoms with Crippen molar-refractivity contribution in [2.45, 2.75) is 32.7 Å². The maximum atomic E-state index is 12.3. The third-order valence-electron chi connectivity index (χ3n) is 4.49. The van der Waals surface area contributed by atoms with E-state index in [9.17, 15) is 9.59 Å². The number of likely N-dealkylation sites (N-methyl/N-ethyl adjacent to an activating group) is 1. The molecule has 1 unspecified atom stereocenters. The number of hydrogen-bond acceptors (Lipinski definition) is 3.